The minimum absolute atomic E-state index is 0.0162. The minimum atomic E-state index is -1.09. The maximum atomic E-state index is 13.9. The standard InChI is InChI=1S/C18H16F2N2O3/c1-25-14-7-6-10(16(19)17(14)20)9-21-15(23)8-13-11-4-2-3-5-12(11)18(24)22-13/h2-7,13H,8-9H2,1H3,(H,21,23)(H,22,24)/t13-/m1/s1. The van der Waals surface area contributed by atoms with E-state index in [4.69, 9.17) is 4.74 Å². The van der Waals surface area contributed by atoms with Crippen molar-refractivity contribution >= 4 is 11.8 Å². The van der Waals surface area contributed by atoms with Crippen LogP contribution in [0.3, 0.4) is 0 Å². The number of fused-ring (bicyclic) bond motifs is 1. The number of halogens is 2. The molecule has 2 N–H and O–H groups in total. The third-order valence-corrected chi connectivity index (χ3v) is 4.10. The van der Waals surface area contributed by atoms with Crippen molar-refractivity contribution in [2.45, 2.75) is 19.0 Å². The topological polar surface area (TPSA) is 67.4 Å². The Morgan fingerprint density at radius 2 is 1.96 bits per heavy atom. The van der Waals surface area contributed by atoms with Gasteiger partial charge in [0.25, 0.3) is 5.91 Å². The van der Waals surface area contributed by atoms with Crippen molar-refractivity contribution in [1.29, 1.82) is 0 Å². The van der Waals surface area contributed by atoms with E-state index in [2.05, 4.69) is 10.6 Å². The van der Waals surface area contributed by atoms with Gasteiger partial charge in [-0.2, -0.15) is 4.39 Å². The fourth-order valence-electron chi connectivity index (χ4n) is 2.80. The molecule has 0 spiro atoms. The van der Waals surface area contributed by atoms with Crippen LogP contribution in [0.5, 0.6) is 5.75 Å². The number of hydrogen-bond donors (Lipinski definition) is 2. The Morgan fingerprint density at radius 1 is 1.20 bits per heavy atom. The van der Waals surface area contributed by atoms with E-state index in [1.807, 2.05) is 0 Å². The molecule has 2 amide bonds. The highest BCUT2D eigenvalue weighted by atomic mass is 19.2. The molecule has 0 aromatic heterocycles. The molecule has 2 aromatic carbocycles. The highest BCUT2D eigenvalue weighted by Gasteiger charge is 2.29. The van der Waals surface area contributed by atoms with Crippen LogP contribution in [-0.2, 0) is 11.3 Å². The third-order valence-electron chi connectivity index (χ3n) is 4.10. The second-order valence-electron chi connectivity index (χ2n) is 5.65. The Bertz CT molecular complexity index is 839. The van der Waals surface area contributed by atoms with Crippen LogP contribution in [0, 0.1) is 11.6 Å². The Balaban J connectivity index is 1.63. The van der Waals surface area contributed by atoms with E-state index in [-0.39, 0.29) is 36.1 Å². The second-order valence-corrected chi connectivity index (χ2v) is 5.65. The number of ether oxygens (including phenoxy) is 1. The van der Waals surface area contributed by atoms with E-state index in [0.717, 1.165) is 5.56 Å². The second kappa shape index (κ2) is 6.88. The van der Waals surface area contributed by atoms with E-state index in [1.165, 1.54) is 19.2 Å². The fraction of sp³-hybridized carbons (Fsp3) is 0.222. The molecule has 5 nitrogen and oxygen atoms in total. The number of carbonyl (C=O) groups is 2. The molecule has 1 atom stereocenters. The maximum Gasteiger partial charge on any atom is 0.252 e. The zero-order valence-corrected chi connectivity index (χ0v) is 13.4. The van der Waals surface area contributed by atoms with Crippen molar-refractivity contribution in [3.8, 4) is 5.75 Å². The summed E-state index contributed by atoms with van der Waals surface area (Å²) in [5.74, 6) is -2.95. The first-order chi connectivity index (χ1) is 12.0. The molecule has 1 aliphatic rings. The normalized spacial score (nSPS) is 15.5. The quantitative estimate of drug-likeness (QED) is 0.874. The lowest BCUT2D eigenvalue weighted by atomic mass is 10.0. The van der Waals surface area contributed by atoms with Gasteiger partial charge in [-0.3, -0.25) is 9.59 Å². The van der Waals surface area contributed by atoms with Gasteiger partial charge in [0.2, 0.25) is 11.7 Å². The van der Waals surface area contributed by atoms with Gasteiger partial charge in [-0.15, -0.1) is 0 Å². The molecule has 1 heterocycles. The predicted molar refractivity (Wildman–Crippen MR) is 86.0 cm³/mol. The SMILES string of the molecule is COc1ccc(CNC(=O)C[C@H]2NC(=O)c3ccccc32)c(F)c1F. The molecule has 0 bridgehead atoms. The first kappa shape index (κ1) is 16.9. The first-order valence-corrected chi connectivity index (χ1v) is 7.68. The highest BCUT2D eigenvalue weighted by Crippen LogP contribution is 2.27. The molecule has 2 aromatic rings. The molecule has 3 rings (SSSR count). The summed E-state index contributed by atoms with van der Waals surface area (Å²) in [7, 11) is 1.24. The molecule has 1 aliphatic heterocycles. The van der Waals surface area contributed by atoms with Gasteiger partial charge in [-0.05, 0) is 17.7 Å². The van der Waals surface area contributed by atoms with Gasteiger partial charge in [0.05, 0.1) is 19.6 Å². The van der Waals surface area contributed by atoms with Gasteiger partial charge < -0.3 is 15.4 Å². The molecule has 0 aliphatic carbocycles. The molecule has 0 saturated heterocycles. The summed E-state index contributed by atoms with van der Waals surface area (Å²) in [6.07, 6.45) is 0.0169. The Hall–Kier alpha value is -2.96. The van der Waals surface area contributed by atoms with Crippen LogP contribution in [0.2, 0.25) is 0 Å². The smallest absolute Gasteiger partial charge is 0.252 e. The summed E-state index contributed by atoms with van der Waals surface area (Å²) in [5, 5.41) is 5.27. The average Bonchev–Trinajstić information content (AvgIpc) is 2.92. The molecule has 0 unspecified atom stereocenters. The molecule has 7 heteroatoms. The molecule has 25 heavy (non-hydrogen) atoms. The summed E-state index contributed by atoms with van der Waals surface area (Å²) in [6, 6.07) is 9.24. The fourth-order valence-corrected chi connectivity index (χ4v) is 2.80. The molecule has 130 valence electrons. The van der Waals surface area contributed by atoms with E-state index in [1.54, 1.807) is 24.3 Å². The summed E-state index contributed by atoms with van der Waals surface area (Å²) < 4.78 is 32.2. The largest absolute Gasteiger partial charge is 0.494 e. The lowest BCUT2D eigenvalue weighted by Gasteiger charge is -2.13. The van der Waals surface area contributed by atoms with Crippen molar-refractivity contribution in [1.82, 2.24) is 10.6 Å². The maximum absolute atomic E-state index is 13.9. The summed E-state index contributed by atoms with van der Waals surface area (Å²) >= 11 is 0. The summed E-state index contributed by atoms with van der Waals surface area (Å²) in [6.45, 7) is -0.159. The van der Waals surface area contributed by atoms with Crippen LogP contribution >= 0.6 is 0 Å². The summed E-state index contributed by atoms with van der Waals surface area (Å²) in [5.41, 5.74) is 1.32. The van der Waals surface area contributed by atoms with Crippen molar-refractivity contribution in [2.75, 3.05) is 7.11 Å². The van der Waals surface area contributed by atoms with E-state index in [9.17, 15) is 18.4 Å². The van der Waals surface area contributed by atoms with Crippen LogP contribution in [0.15, 0.2) is 36.4 Å². The lowest BCUT2D eigenvalue weighted by molar-refractivity contribution is -0.121. The van der Waals surface area contributed by atoms with Gasteiger partial charge in [0.15, 0.2) is 11.6 Å². The minimum Gasteiger partial charge on any atom is -0.494 e. The van der Waals surface area contributed by atoms with Gasteiger partial charge in [-0.1, -0.05) is 24.3 Å². The monoisotopic (exact) mass is 346 g/mol. The number of nitrogens with one attached hydrogen (secondary N) is 2. The first-order valence-electron chi connectivity index (χ1n) is 7.68. The Labute approximate surface area is 143 Å². The van der Waals surface area contributed by atoms with Crippen LogP contribution < -0.4 is 15.4 Å². The molecule has 0 radical (unpaired) electrons. The molecular formula is C18H16F2N2O3. The van der Waals surface area contributed by atoms with Crippen molar-refractivity contribution in [3.05, 3.63) is 64.7 Å². The van der Waals surface area contributed by atoms with Crippen LogP contribution in [0.1, 0.15) is 33.9 Å². The highest BCUT2D eigenvalue weighted by molar-refractivity contribution is 5.99. The number of hydrogen-bond acceptors (Lipinski definition) is 3. The van der Waals surface area contributed by atoms with Gasteiger partial charge in [0, 0.05) is 17.7 Å². The zero-order valence-electron chi connectivity index (χ0n) is 13.4. The lowest BCUT2D eigenvalue weighted by Crippen LogP contribution is -2.29. The van der Waals surface area contributed by atoms with Crippen molar-refractivity contribution in [2.24, 2.45) is 0 Å². The number of amides is 2. The Morgan fingerprint density at radius 3 is 2.72 bits per heavy atom. The van der Waals surface area contributed by atoms with Gasteiger partial charge in [0.1, 0.15) is 0 Å². The van der Waals surface area contributed by atoms with Gasteiger partial charge >= 0.3 is 0 Å². The van der Waals surface area contributed by atoms with Crippen LogP contribution in [0.4, 0.5) is 8.78 Å². The third kappa shape index (κ3) is 3.31. The number of benzene rings is 2. The van der Waals surface area contributed by atoms with Crippen molar-refractivity contribution < 1.29 is 23.1 Å². The Kier molecular flexibility index (Phi) is 4.65. The predicted octanol–water partition coefficient (Wildman–Crippen LogP) is 2.46. The van der Waals surface area contributed by atoms with Gasteiger partial charge in [-0.25, -0.2) is 4.39 Å². The van der Waals surface area contributed by atoms with Crippen LogP contribution in [0.25, 0.3) is 0 Å². The summed E-state index contributed by atoms with van der Waals surface area (Å²) in [4.78, 5) is 23.9. The number of methoxy groups -OCH3 is 1. The average molecular weight is 346 g/mol. The number of carbonyl (C=O) groups excluding carboxylic acids is 2. The zero-order chi connectivity index (χ0) is 18.0. The molecule has 0 saturated carbocycles. The number of rotatable bonds is 5. The van der Waals surface area contributed by atoms with E-state index < -0.39 is 17.7 Å². The van der Waals surface area contributed by atoms with E-state index in [0.29, 0.717) is 5.56 Å². The van der Waals surface area contributed by atoms with E-state index >= 15 is 0 Å². The van der Waals surface area contributed by atoms with Crippen molar-refractivity contribution in [3.63, 3.8) is 0 Å². The molecular weight excluding hydrogens is 330 g/mol. The molecule has 0 fully saturated rings. The van der Waals surface area contributed by atoms with Crippen LogP contribution in [-0.4, -0.2) is 18.9 Å².